The van der Waals surface area contributed by atoms with Gasteiger partial charge >= 0.3 is 0 Å². The van der Waals surface area contributed by atoms with Crippen LogP contribution in [0.2, 0.25) is 0 Å². The number of ether oxygens (including phenoxy) is 1. The maximum atomic E-state index is 11.8. The third-order valence-corrected chi connectivity index (χ3v) is 5.98. The molecule has 2 aliphatic heterocycles. The highest BCUT2D eigenvalue weighted by atomic mass is 32.2. The summed E-state index contributed by atoms with van der Waals surface area (Å²) in [5, 5.41) is 0. The van der Waals surface area contributed by atoms with E-state index in [2.05, 4.69) is 4.72 Å². The van der Waals surface area contributed by atoms with Crippen LogP contribution in [-0.4, -0.2) is 44.9 Å². The molecule has 0 aromatic rings. The van der Waals surface area contributed by atoms with E-state index in [1.807, 2.05) is 11.8 Å². The molecule has 2 fully saturated rings. The van der Waals surface area contributed by atoms with Crippen LogP contribution in [-0.2, 0) is 14.8 Å². The lowest BCUT2D eigenvalue weighted by molar-refractivity contribution is 0.127. The molecule has 17 heavy (non-hydrogen) atoms. The lowest BCUT2D eigenvalue weighted by Crippen LogP contribution is -2.36. The molecule has 1 N–H and O–H groups in total. The van der Waals surface area contributed by atoms with Crippen LogP contribution in [0.15, 0.2) is 0 Å². The fraction of sp³-hybridized carbons (Fsp3) is 1.00. The first-order valence-corrected chi connectivity index (χ1v) is 9.13. The van der Waals surface area contributed by atoms with E-state index in [0.717, 1.165) is 25.0 Å². The minimum Gasteiger partial charge on any atom is -0.377 e. The molecular formula is C11H21NO3S2. The summed E-state index contributed by atoms with van der Waals surface area (Å²) < 4.78 is 31.8. The van der Waals surface area contributed by atoms with E-state index in [1.165, 1.54) is 12.2 Å². The Balaban J connectivity index is 1.72. The molecule has 0 aliphatic carbocycles. The van der Waals surface area contributed by atoms with Crippen molar-refractivity contribution >= 4 is 21.8 Å². The smallest absolute Gasteiger partial charge is 0.214 e. The molecule has 2 atom stereocenters. The molecule has 0 saturated carbocycles. The second kappa shape index (κ2) is 6.41. The number of rotatable bonds is 5. The largest absolute Gasteiger partial charge is 0.377 e. The molecule has 2 aliphatic rings. The molecule has 0 radical (unpaired) electrons. The molecule has 6 heteroatoms. The van der Waals surface area contributed by atoms with Crippen molar-refractivity contribution in [2.24, 2.45) is 5.92 Å². The summed E-state index contributed by atoms with van der Waals surface area (Å²) >= 11 is 1.93. The quantitative estimate of drug-likeness (QED) is 0.822. The van der Waals surface area contributed by atoms with Crippen molar-refractivity contribution in [1.82, 2.24) is 4.72 Å². The lowest BCUT2D eigenvalue weighted by atomic mass is 10.1. The predicted octanol–water partition coefficient (Wildman–Crippen LogP) is 1.23. The summed E-state index contributed by atoms with van der Waals surface area (Å²) in [6.07, 6.45) is 4.13. The third kappa shape index (κ3) is 4.77. The topological polar surface area (TPSA) is 55.4 Å². The van der Waals surface area contributed by atoms with E-state index in [-0.39, 0.29) is 11.9 Å². The van der Waals surface area contributed by atoms with Crippen molar-refractivity contribution in [3.8, 4) is 0 Å². The standard InChI is InChI=1S/C11H21NO3S2/c13-17(14,9-11-4-1-5-15-11)12-7-10-3-2-6-16-8-10/h10-12H,1-9H2. The highest BCUT2D eigenvalue weighted by molar-refractivity contribution is 7.99. The van der Waals surface area contributed by atoms with Gasteiger partial charge in [-0.15, -0.1) is 0 Å². The molecule has 0 aromatic heterocycles. The van der Waals surface area contributed by atoms with E-state index >= 15 is 0 Å². The molecular weight excluding hydrogens is 258 g/mol. The van der Waals surface area contributed by atoms with Crippen LogP contribution >= 0.6 is 11.8 Å². The molecule has 2 saturated heterocycles. The lowest BCUT2D eigenvalue weighted by Gasteiger charge is -2.21. The zero-order valence-corrected chi connectivity index (χ0v) is 11.7. The number of hydrogen-bond donors (Lipinski definition) is 1. The van der Waals surface area contributed by atoms with E-state index in [9.17, 15) is 8.42 Å². The highest BCUT2D eigenvalue weighted by Crippen LogP contribution is 2.22. The van der Waals surface area contributed by atoms with Crippen LogP contribution < -0.4 is 4.72 Å². The van der Waals surface area contributed by atoms with E-state index < -0.39 is 10.0 Å². The summed E-state index contributed by atoms with van der Waals surface area (Å²) in [5.74, 6) is 2.95. The van der Waals surface area contributed by atoms with Gasteiger partial charge in [-0.25, -0.2) is 13.1 Å². The Bertz CT molecular complexity index is 320. The zero-order valence-electron chi connectivity index (χ0n) is 10.1. The van der Waals surface area contributed by atoms with Crippen LogP contribution in [0.3, 0.4) is 0 Å². The van der Waals surface area contributed by atoms with Gasteiger partial charge in [0.25, 0.3) is 0 Å². The summed E-state index contributed by atoms with van der Waals surface area (Å²) in [4.78, 5) is 0. The maximum absolute atomic E-state index is 11.8. The van der Waals surface area contributed by atoms with Crippen LogP contribution in [0.25, 0.3) is 0 Å². The first-order chi connectivity index (χ1) is 8.16. The van der Waals surface area contributed by atoms with Gasteiger partial charge in [-0.3, -0.25) is 0 Å². The Labute approximate surface area is 108 Å². The van der Waals surface area contributed by atoms with Crippen molar-refractivity contribution in [2.75, 3.05) is 30.4 Å². The van der Waals surface area contributed by atoms with Gasteiger partial charge in [0, 0.05) is 13.2 Å². The molecule has 100 valence electrons. The van der Waals surface area contributed by atoms with Gasteiger partial charge in [-0.1, -0.05) is 0 Å². The Hall–Kier alpha value is 0.220. The molecule has 4 nitrogen and oxygen atoms in total. The van der Waals surface area contributed by atoms with E-state index in [0.29, 0.717) is 19.1 Å². The average molecular weight is 279 g/mol. The number of thioether (sulfide) groups is 1. The summed E-state index contributed by atoms with van der Waals surface area (Å²) in [6.45, 7) is 1.31. The molecule has 0 amide bonds. The fourth-order valence-corrected chi connectivity index (χ4v) is 4.81. The minimum atomic E-state index is -3.15. The second-order valence-corrected chi connectivity index (χ2v) is 7.85. The van der Waals surface area contributed by atoms with Crippen molar-refractivity contribution in [3.05, 3.63) is 0 Å². The van der Waals surface area contributed by atoms with Gasteiger partial charge in [0.15, 0.2) is 0 Å². The normalized spacial score (nSPS) is 30.6. The Morgan fingerprint density at radius 1 is 1.29 bits per heavy atom. The van der Waals surface area contributed by atoms with Gasteiger partial charge < -0.3 is 4.74 Å². The van der Waals surface area contributed by atoms with Gasteiger partial charge in [0.2, 0.25) is 10.0 Å². The van der Waals surface area contributed by atoms with E-state index in [1.54, 1.807) is 0 Å². The van der Waals surface area contributed by atoms with Crippen molar-refractivity contribution in [2.45, 2.75) is 31.8 Å². The first kappa shape index (κ1) is 13.6. The highest BCUT2D eigenvalue weighted by Gasteiger charge is 2.24. The Morgan fingerprint density at radius 2 is 2.18 bits per heavy atom. The van der Waals surface area contributed by atoms with Crippen LogP contribution in [0.4, 0.5) is 0 Å². The van der Waals surface area contributed by atoms with Crippen molar-refractivity contribution in [3.63, 3.8) is 0 Å². The predicted molar refractivity (Wildman–Crippen MR) is 70.8 cm³/mol. The first-order valence-electron chi connectivity index (χ1n) is 6.32. The van der Waals surface area contributed by atoms with Crippen LogP contribution in [0, 0.1) is 5.92 Å². The monoisotopic (exact) mass is 279 g/mol. The van der Waals surface area contributed by atoms with Gasteiger partial charge in [-0.2, -0.15) is 11.8 Å². The van der Waals surface area contributed by atoms with Crippen molar-refractivity contribution < 1.29 is 13.2 Å². The van der Waals surface area contributed by atoms with E-state index in [4.69, 9.17) is 4.74 Å². The minimum absolute atomic E-state index is 0.0896. The molecule has 0 spiro atoms. The Morgan fingerprint density at radius 3 is 2.82 bits per heavy atom. The van der Waals surface area contributed by atoms with Crippen molar-refractivity contribution in [1.29, 1.82) is 0 Å². The fourth-order valence-electron chi connectivity index (χ4n) is 2.29. The van der Waals surface area contributed by atoms with Crippen LogP contribution in [0.1, 0.15) is 25.7 Å². The maximum Gasteiger partial charge on any atom is 0.214 e. The average Bonchev–Trinajstić information content (AvgIpc) is 2.80. The number of nitrogens with one attached hydrogen (secondary N) is 1. The Kier molecular flexibility index (Phi) is 5.14. The molecule has 0 bridgehead atoms. The molecule has 2 heterocycles. The van der Waals surface area contributed by atoms with Gasteiger partial charge in [0.1, 0.15) is 0 Å². The molecule has 2 rings (SSSR count). The van der Waals surface area contributed by atoms with Gasteiger partial charge in [0.05, 0.1) is 11.9 Å². The summed E-state index contributed by atoms with van der Waals surface area (Å²) in [6, 6.07) is 0. The van der Waals surface area contributed by atoms with Crippen LogP contribution in [0.5, 0.6) is 0 Å². The second-order valence-electron chi connectivity index (χ2n) is 4.85. The zero-order chi connectivity index (χ0) is 12.1. The number of sulfonamides is 1. The molecule has 0 aromatic carbocycles. The summed E-state index contributed by atoms with van der Waals surface area (Å²) in [5.41, 5.74) is 0. The third-order valence-electron chi connectivity index (χ3n) is 3.28. The number of hydrogen-bond acceptors (Lipinski definition) is 4. The molecule has 2 unspecified atom stereocenters. The SMILES string of the molecule is O=S(=O)(CC1CCCO1)NCC1CCCSC1. The van der Waals surface area contributed by atoms with Gasteiger partial charge in [-0.05, 0) is 43.1 Å². The summed E-state index contributed by atoms with van der Waals surface area (Å²) in [7, 11) is -3.15.